The summed E-state index contributed by atoms with van der Waals surface area (Å²) in [5.74, 6) is 0. The Labute approximate surface area is 108 Å². The number of rotatable bonds is 3. The van der Waals surface area contributed by atoms with E-state index in [0.29, 0.717) is 6.42 Å². The van der Waals surface area contributed by atoms with Crippen LogP contribution in [0.5, 0.6) is 0 Å². The van der Waals surface area contributed by atoms with E-state index in [0.717, 1.165) is 12.1 Å². The molecule has 0 unspecified atom stereocenters. The monoisotopic (exact) mass is 255 g/mol. The van der Waals surface area contributed by atoms with Crippen molar-refractivity contribution in [2.24, 2.45) is 4.99 Å². The molecule has 0 aliphatic carbocycles. The van der Waals surface area contributed by atoms with E-state index in [-0.39, 0.29) is 18.4 Å². The van der Waals surface area contributed by atoms with Gasteiger partial charge in [0.05, 0.1) is 6.04 Å². The number of aryl methyl sites for hydroxylation is 1. The summed E-state index contributed by atoms with van der Waals surface area (Å²) in [4.78, 5) is 4.28. The van der Waals surface area contributed by atoms with Gasteiger partial charge in [0.15, 0.2) is 0 Å². The van der Waals surface area contributed by atoms with Gasteiger partial charge in [-0.2, -0.15) is 0 Å². The fourth-order valence-corrected chi connectivity index (χ4v) is 2.00. The third-order valence-corrected chi connectivity index (χ3v) is 3.04. The van der Waals surface area contributed by atoms with E-state index >= 15 is 0 Å². The van der Waals surface area contributed by atoms with Gasteiger partial charge in [-0.1, -0.05) is 30.3 Å². The van der Waals surface area contributed by atoms with Crippen LogP contribution in [0.2, 0.25) is 0 Å². The Kier molecular flexibility index (Phi) is 5.12. The molecule has 0 fully saturated rings. The van der Waals surface area contributed by atoms with E-state index in [1.807, 2.05) is 25.1 Å². The molecule has 0 saturated heterocycles. The lowest BCUT2D eigenvalue weighted by Gasteiger charge is -2.12. The number of nitrogens with zero attached hydrogens (tertiary/aromatic N) is 1. The van der Waals surface area contributed by atoms with Crippen molar-refractivity contribution >= 4 is 18.1 Å². The van der Waals surface area contributed by atoms with Gasteiger partial charge >= 0.3 is 0 Å². The molecule has 1 aliphatic rings. The van der Waals surface area contributed by atoms with Crippen LogP contribution in [0.4, 0.5) is 0 Å². The first-order chi connectivity index (χ1) is 7.68. The molecular formula is C13H18ClNO2. The fourth-order valence-electron chi connectivity index (χ4n) is 2.00. The Morgan fingerprint density at radius 1 is 1.12 bits per heavy atom. The standard InChI is InChI=1S/C13H17NO2.ClH/c1-9-12(15)13(16)11(14-9)8-7-10-5-3-2-4-6-10;/h2-6,9,12-13,15-16H,7-8H2,1H3;1H/t9-,12+,13-;/m0./s1. The van der Waals surface area contributed by atoms with Crippen LogP contribution in [-0.4, -0.2) is 34.2 Å². The molecule has 3 atom stereocenters. The maximum absolute atomic E-state index is 9.73. The number of aliphatic hydroxyl groups excluding tert-OH is 2. The van der Waals surface area contributed by atoms with Gasteiger partial charge in [0, 0.05) is 5.71 Å². The van der Waals surface area contributed by atoms with E-state index in [1.54, 1.807) is 0 Å². The molecule has 2 N–H and O–H groups in total. The largest absolute Gasteiger partial charge is 0.388 e. The van der Waals surface area contributed by atoms with Crippen molar-refractivity contribution in [1.82, 2.24) is 0 Å². The Balaban J connectivity index is 0.00000144. The molecule has 0 saturated carbocycles. The first-order valence-electron chi connectivity index (χ1n) is 5.65. The highest BCUT2D eigenvalue weighted by molar-refractivity contribution is 5.91. The lowest BCUT2D eigenvalue weighted by atomic mass is 10.0. The highest BCUT2D eigenvalue weighted by Crippen LogP contribution is 2.18. The Morgan fingerprint density at radius 3 is 2.29 bits per heavy atom. The number of hydrogen-bond acceptors (Lipinski definition) is 3. The predicted octanol–water partition coefficient (Wildman–Crippen LogP) is 1.61. The predicted molar refractivity (Wildman–Crippen MR) is 70.9 cm³/mol. The zero-order valence-corrected chi connectivity index (χ0v) is 10.6. The molecule has 1 aliphatic heterocycles. The van der Waals surface area contributed by atoms with Crippen LogP contribution in [0.3, 0.4) is 0 Å². The van der Waals surface area contributed by atoms with Gasteiger partial charge in [-0.15, -0.1) is 12.4 Å². The van der Waals surface area contributed by atoms with Gasteiger partial charge in [0.25, 0.3) is 0 Å². The first-order valence-corrected chi connectivity index (χ1v) is 5.65. The zero-order valence-electron chi connectivity index (χ0n) is 9.78. The molecule has 0 spiro atoms. The summed E-state index contributed by atoms with van der Waals surface area (Å²) in [6, 6.07) is 9.92. The quantitative estimate of drug-likeness (QED) is 0.862. The van der Waals surface area contributed by atoms with Crippen molar-refractivity contribution in [2.45, 2.75) is 38.0 Å². The number of halogens is 1. The van der Waals surface area contributed by atoms with E-state index in [2.05, 4.69) is 17.1 Å². The smallest absolute Gasteiger partial charge is 0.120 e. The lowest BCUT2D eigenvalue weighted by Crippen LogP contribution is -2.32. The van der Waals surface area contributed by atoms with E-state index < -0.39 is 12.2 Å². The van der Waals surface area contributed by atoms with Gasteiger partial charge in [0.1, 0.15) is 12.2 Å². The Hall–Kier alpha value is -0.900. The molecule has 2 rings (SSSR count). The number of aliphatic hydroxyl groups is 2. The van der Waals surface area contributed by atoms with Crippen LogP contribution in [0.25, 0.3) is 0 Å². The molecule has 0 radical (unpaired) electrons. The maximum Gasteiger partial charge on any atom is 0.120 e. The summed E-state index contributed by atoms with van der Waals surface area (Å²) in [6.45, 7) is 1.82. The van der Waals surface area contributed by atoms with E-state index in [1.165, 1.54) is 5.56 Å². The summed E-state index contributed by atoms with van der Waals surface area (Å²) in [6.07, 6.45) is 0.0624. The molecule has 3 nitrogen and oxygen atoms in total. The first kappa shape index (κ1) is 14.2. The second-order valence-corrected chi connectivity index (χ2v) is 4.28. The third kappa shape index (κ3) is 3.28. The lowest BCUT2D eigenvalue weighted by molar-refractivity contribution is 0.0583. The minimum absolute atomic E-state index is 0. The van der Waals surface area contributed by atoms with E-state index in [9.17, 15) is 10.2 Å². The zero-order chi connectivity index (χ0) is 11.5. The summed E-state index contributed by atoms with van der Waals surface area (Å²) < 4.78 is 0. The fraction of sp³-hybridized carbons (Fsp3) is 0.462. The summed E-state index contributed by atoms with van der Waals surface area (Å²) in [5.41, 5.74) is 1.95. The van der Waals surface area contributed by atoms with Crippen LogP contribution < -0.4 is 0 Å². The highest BCUT2D eigenvalue weighted by atomic mass is 35.5. The maximum atomic E-state index is 9.73. The average Bonchev–Trinajstić information content (AvgIpc) is 2.56. The van der Waals surface area contributed by atoms with Gasteiger partial charge in [-0.05, 0) is 25.3 Å². The molecule has 1 heterocycles. The van der Waals surface area contributed by atoms with Crippen molar-refractivity contribution < 1.29 is 10.2 Å². The summed E-state index contributed by atoms with van der Waals surface area (Å²) in [5, 5.41) is 19.3. The highest BCUT2D eigenvalue weighted by Gasteiger charge is 2.32. The third-order valence-electron chi connectivity index (χ3n) is 3.04. The van der Waals surface area contributed by atoms with Crippen molar-refractivity contribution in [2.75, 3.05) is 0 Å². The Bertz CT molecular complexity index is 380. The van der Waals surface area contributed by atoms with Gasteiger partial charge < -0.3 is 10.2 Å². The molecule has 94 valence electrons. The van der Waals surface area contributed by atoms with Crippen molar-refractivity contribution in [3.63, 3.8) is 0 Å². The number of hydrogen-bond donors (Lipinski definition) is 2. The van der Waals surface area contributed by atoms with Gasteiger partial charge in [-0.25, -0.2) is 0 Å². The Morgan fingerprint density at radius 2 is 1.76 bits per heavy atom. The number of aliphatic imine (C=N–C) groups is 1. The molecule has 17 heavy (non-hydrogen) atoms. The van der Waals surface area contributed by atoms with Crippen LogP contribution in [-0.2, 0) is 6.42 Å². The minimum Gasteiger partial charge on any atom is -0.388 e. The van der Waals surface area contributed by atoms with Crippen LogP contribution >= 0.6 is 12.4 Å². The molecule has 4 heteroatoms. The van der Waals surface area contributed by atoms with E-state index in [4.69, 9.17) is 0 Å². The summed E-state index contributed by atoms with van der Waals surface area (Å²) >= 11 is 0. The average molecular weight is 256 g/mol. The molecule has 0 bridgehead atoms. The molecule has 0 amide bonds. The van der Waals surface area contributed by atoms with Crippen LogP contribution in [0.15, 0.2) is 35.3 Å². The normalized spacial score (nSPS) is 27.5. The van der Waals surface area contributed by atoms with Crippen molar-refractivity contribution in [3.8, 4) is 0 Å². The second-order valence-electron chi connectivity index (χ2n) is 4.28. The second kappa shape index (κ2) is 6.15. The molecule has 1 aromatic rings. The SMILES string of the molecule is C[C@@H]1N=C(CCc2ccccc2)[C@H](O)[C@@H]1O.Cl. The summed E-state index contributed by atoms with van der Waals surface area (Å²) in [7, 11) is 0. The minimum atomic E-state index is -0.779. The van der Waals surface area contributed by atoms with Crippen molar-refractivity contribution in [1.29, 1.82) is 0 Å². The molecule has 1 aromatic carbocycles. The molecule has 0 aromatic heterocycles. The van der Waals surface area contributed by atoms with Crippen LogP contribution in [0, 0.1) is 0 Å². The number of benzene rings is 1. The van der Waals surface area contributed by atoms with Crippen LogP contribution in [0.1, 0.15) is 18.9 Å². The van der Waals surface area contributed by atoms with Gasteiger partial charge in [0.2, 0.25) is 0 Å². The molecular weight excluding hydrogens is 238 g/mol. The topological polar surface area (TPSA) is 52.8 Å². The van der Waals surface area contributed by atoms with Gasteiger partial charge in [-0.3, -0.25) is 4.99 Å². The van der Waals surface area contributed by atoms with Crippen molar-refractivity contribution in [3.05, 3.63) is 35.9 Å².